The van der Waals surface area contributed by atoms with Gasteiger partial charge in [-0.05, 0) is 25.3 Å². The first-order valence-corrected chi connectivity index (χ1v) is 6.68. The lowest BCUT2D eigenvalue weighted by atomic mass is 10.1. The van der Waals surface area contributed by atoms with Crippen molar-refractivity contribution in [3.05, 3.63) is 35.8 Å². The summed E-state index contributed by atoms with van der Waals surface area (Å²) in [6.07, 6.45) is 2.00. The number of imidazole rings is 1. The Morgan fingerprint density at radius 3 is 2.44 bits per heavy atom. The average Bonchev–Trinajstić information content (AvgIpc) is 2.66. The van der Waals surface area contributed by atoms with E-state index in [2.05, 4.69) is 4.98 Å². The highest BCUT2D eigenvalue weighted by Gasteiger charge is 2.19. The molecule has 4 nitrogen and oxygen atoms in total. The molecule has 0 aliphatic carbocycles. The molecule has 2 rings (SSSR count). The molecule has 94 valence electrons. The van der Waals surface area contributed by atoms with Gasteiger partial charge in [0, 0.05) is 17.5 Å². The maximum Gasteiger partial charge on any atom is 0.354 e. The highest BCUT2D eigenvalue weighted by Crippen LogP contribution is 2.25. The molecule has 0 radical (unpaired) electrons. The molecule has 0 fully saturated rings. The number of carbonyl (C=O) groups is 1. The van der Waals surface area contributed by atoms with Crippen LogP contribution in [0.5, 0.6) is 0 Å². The SMILES string of the molecule is CSc1ccc(-c2nc(C)n(C)c2C(=O)O)cc1. The number of nitrogens with zero attached hydrogens (tertiary/aromatic N) is 2. The van der Waals surface area contributed by atoms with Crippen molar-refractivity contribution in [1.29, 1.82) is 0 Å². The first-order valence-electron chi connectivity index (χ1n) is 5.45. The monoisotopic (exact) mass is 262 g/mol. The molecule has 0 atom stereocenters. The molecule has 0 amide bonds. The van der Waals surface area contributed by atoms with E-state index in [0.717, 1.165) is 10.5 Å². The number of aromatic nitrogens is 2. The van der Waals surface area contributed by atoms with E-state index in [4.69, 9.17) is 0 Å². The topological polar surface area (TPSA) is 55.1 Å². The van der Waals surface area contributed by atoms with Gasteiger partial charge in [-0.1, -0.05) is 12.1 Å². The van der Waals surface area contributed by atoms with Crippen LogP contribution in [0, 0.1) is 6.92 Å². The molecule has 2 aromatic rings. The molecule has 0 unspecified atom stereocenters. The summed E-state index contributed by atoms with van der Waals surface area (Å²) < 4.78 is 1.60. The summed E-state index contributed by atoms with van der Waals surface area (Å²) in [5.41, 5.74) is 1.58. The zero-order valence-corrected chi connectivity index (χ0v) is 11.3. The summed E-state index contributed by atoms with van der Waals surface area (Å²) >= 11 is 1.65. The third-order valence-corrected chi connectivity index (χ3v) is 3.63. The Bertz CT molecular complexity index is 588. The van der Waals surface area contributed by atoms with Crippen LogP contribution in [0.2, 0.25) is 0 Å². The van der Waals surface area contributed by atoms with Crippen LogP contribution in [0.4, 0.5) is 0 Å². The smallest absolute Gasteiger partial charge is 0.354 e. The summed E-state index contributed by atoms with van der Waals surface area (Å²) in [6, 6.07) is 7.74. The quantitative estimate of drug-likeness (QED) is 0.864. The van der Waals surface area contributed by atoms with E-state index in [1.165, 1.54) is 0 Å². The molecule has 0 spiro atoms. The minimum atomic E-state index is -0.956. The zero-order chi connectivity index (χ0) is 13.3. The maximum absolute atomic E-state index is 11.3. The lowest BCUT2D eigenvalue weighted by Crippen LogP contribution is -2.06. The third kappa shape index (κ3) is 2.13. The second-order valence-electron chi connectivity index (χ2n) is 3.95. The van der Waals surface area contributed by atoms with Crippen LogP contribution in [0.15, 0.2) is 29.2 Å². The number of thioether (sulfide) groups is 1. The van der Waals surface area contributed by atoms with Crippen LogP contribution in [0.1, 0.15) is 16.3 Å². The Balaban J connectivity index is 2.56. The van der Waals surface area contributed by atoms with E-state index >= 15 is 0 Å². The van der Waals surface area contributed by atoms with Crippen molar-refractivity contribution in [3.8, 4) is 11.3 Å². The van der Waals surface area contributed by atoms with Crippen molar-refractivity contribution >= 4 is 17.7 Å². The fraction of sp³-hybridized carbons (Fsp3) is 0.231. The largest absolute Gasteiger partial charge is 0.477 e. The fourth-order valence-electron chi connectivity index (χ4n) is 1.81. The van der Waals surface area contributed by atoms with Crippen molar-refractivity contribution in [2.24, 2.45) is 7.05 Å². The van der Waals surface area contributed by atoms with Crippen molar-refractivity contribution < 1.29 is 9.90 Å². The molecular weight excluding hydrogens is 248 g/mol. The molecule has 0 saturated carbocycles. The van der Waals surface area contributed by atoms with Gasteiger partial charge in [-0.25, -0.2) is 9.78 Å². The summed E-state index contributed by atoms with van der Waals surface area (Å²) in [5.74, 6) is -0.265. The van der Waals surface area contributed by atoms with Crippen LogP contribution in [0.3, 0.4) is 0 Å². The van der Waals surface area contributed by atoms with E-state index in [9.17, 15) is 9.90 Å². The molecular formula is C13H14N2O2S. The highest BCUT2D eigenvalue weighted by molar-refractivity contribution is 7.98. The fourth-order valence-corrected chi connectivity index (χ4v) is 2.21. The number of aryl methyl sites for hydroxylation is 1. The number of rotatable bonds is 3. The van der Waals surface area contributed by atoms with Gasteiger partial charge in [-0.3, -0.25) is 0 Å². The Kier molecular flexibility index (Phi) is 3.43. The summed E-state index contributed by atoms with van der Waals surface area (Å²) in [5, 5.41) is 9.26. The first kappa shape index (κ1) is 12.7. The zero-order valence-electron chi connectivity index (χ0n) is 10.5. The molecule has 1 heterocycles. The molecule has 18 heavy (non-hydrogen) atoms. The van der Waals surface area contributed by atoms with Gasteiger partial charge >= 0.3 is 5.97 Å². The molecule has 1 aromatic heterocycles. The lowest BCUT2D eigenvalue weighted by Gasteiger charge is -2.02. The third-order valence-electron chi connectivity index (χ3n) is 2.88. The molecule has 0 saturated heterocycles. The second-order valence-corrected chi connectivity index (χ2v) is 4.83. The van der Waals surface area contributed by atoms with Crippen LogP contribution in [-0.4, -0.2) is 26.9 Å². The van der Waals surface area contributed by atoms with Crippen molar-refractivity contribution in [1.82, 2.24) is 9.55 Å². The predicted octanol–water partition coefficient (Wildman–Crippen LogP) is 2.82. The minimum Gasteiger partial charge on any atom is -0.477 e. The van der Waals surface area contributed by atoms with E-state index in [1.54, 1.807) is 30.3 Å². The predicted molar refractivity (Wildman–Crippen MR) is 72.1 cm³/mol. The molecule has 1 aromatic carbocycles. The Morgan fingerprint density at radius 2 is 1.94 bits per heavy atom. The Hall–Kier alpha value is -1.75. The normalized spacial score (nSPS) is 10.6. The second kappa shape index (κ2) is 4.86. The minimum absolute atomic E-state index is 0.226. The molecule has 1 N–H and O–H groups in total. The van der Waals surface area contributed by atoms with Crippen molar-refractivity contribution in [2.45, 2.75) is 11.8 Å². The van der Waals surface area contributed by atoms with E-state index in [-0.39, 0.29) is 5.69 Å². The van der Waals surface area contributed by atoms with Gasteiger partial charge in [0.15, 0.2) is 5.69 Å². The summed E-state index contributed by atoms with van der Waals surface area (Å²) in [4.78, 5) is 16.8. The molecule has 5 heteroatoms. The standard InChI is InChI=1S/C13H14N2O2S/c1-8-14-11(12(13(16)17)15(8)2)9-4-6-10(18-3)7-5-9/h4-7H,1-3H3,(H,16,17). The van der Waals surface area contributed by atoms with Gasteiger partial charge in [-0.15, -0.1) is 11.8 Å². The van der Waals surface area contributed by atoms with Gasteiger partial charge in [0.05, 0.1) is 0 Å². The molecule has 0 bridgehead atoms. The number of hydrogen-bond acceptors (Lipinski definition) is 3. The first-order chi connectivity index (χ1) is 8.54. The Morgan fingerprint density at radius 1 is 1.33 bits per heavy atom. The van der Waals surface area contributed by atoms with Crippen LogP contribution < -0.4 is 0 Å². The summed E-state index contributed by atoms with van der Waals surface area (Å²) in [7, 11) is 1.71. The highest BCUT2D eigenvalue weighted by atomic mass is 32.2. The Labute approximate surface area is 110 Å². The van der Waals surface area contributed by atoms with Gasteiger partial charge in [-0.2, -0.15) is 0 Å². The molecule has 0 aliphatic rings. The number of carboxylic acids is 1. The van der Waals surface area contributed by atoms with Gasteiger partial charge in [0.2, 0.25) is 0 Å². The van der Waals surface area contributed by atoms with Crippen molar-refractivity contribution in [2.75, 3.05) is 6.26 Å². The van der Waals surface area contributed by atoms with E-state index in [0.29, 0.717) is 11.5 Å². The maximum atomic E-state index is 11.3. The number of hydrogen-bond donors (Lipinski definition) is 1. The van der Waals surface area contributed by atoms with Crippen molar-refractivity contribution in [3.63, 3.8) is 0 Å². The molecule has 0 aliphatic heterocycles. The van der Waals surface area contributed by atoms with Crippen LogP contribution in [-0.2, 0) is 7.05 Å². The number of benzene rings is 1. The van der Waals surface area contributed by atoms with E-state index in [1.807, 2.05) is 30.5 Å². The van der Waals surface area contributed by atoms with Gasteiger partial charge < -0.3 is 9.67 Å². The average molecular weight is 262 g/mol. The van der Waals surface area contributed by atoms with Gasteiger partial charge in [0.25, 0.3) is 0 Å². The number of carboxylic acid groups (broad SMARTS) is 1. The summed E-state index contributed by atoms with van der Waals surface area (Å²) in [6.45, 7) is 1.80. The number of aromatic carboxylic acids is 1. The lowest BCUT2D eigenvalue weighted by molar-refractivity contribution is 0.0687. The van der Waals surface area contributed by atoms with Crippen LogP contribution >= 0.6 is 11.8 Å². The van der Waals surface area contributed by atoms with Crippen LogP contribution in [0.25, 0.3) is 11.3 Å². The van der Waals surface area contributed by atoms with E-state index < -0.39 is 5.97 Å². The van der Waals surface area contributed by atoms with Gasteiger partial charge in [0.1, 0.15) is 11.5 Å².